The number of hydrogen-bond acceptors (Lipinski definition) is 4. The molecule has 2 aromatic heterocycles. The topological polar surface area (TPSA) is 55.6 Å². The molecule has 0 atom stereocenters. The normalized spacial score (nSPS) is 10.9. The van der Waals surface area contributed by atoms with Crippen molar-refractivity contribution >= 4 is 17.0 Å². The molecule has 0 fully saturated rings. The lowest BCUT2D eigenvalue weighted by Crippen LogP contribution is -2.05. The second-order valence-corrected chi connectivity index (χ2v) is 5.58. The summed E-state index contributed by atoms with van der Waals surface area (Å²) >= 11 is 0. The fourth-order valence-corrected chi connectivity index (χ4v) is 2.69. The summed E-state index contributed by atoms with van der Waals surface area (Å²) in [6, 6.07) is 20.3. The smallest absolute Gasteiger partial charge is 0.170 e. The van der Waals surface area contributed by atoms with Crippen LogP contribution in [0.3, 0.4) is 0 Å². The molecule has 0 bridgehead atoms. The number of nitrogens with one attached hydrogen (secondary N) is 1. The summed E-state index contributed by atoms with van der Waals surface area (Å²) in [6.45, 7) is 2.60. The van der Waals surface area contributed by atoms with Crippen molar-refractivity contribution in [3.05, 3.63) is 78.4 Å². The number of anilines is 1. The molecule has 0 unspecified atom stereocenters. The van der Waals surface area contributed by atoms with E-state index in [1.807, 2.05) is 60.0 Å². The van der Waals surface area contributed by atoms with Gasteiger partial charge >= 0.3 is 0 Å². The van der Waals surface area contributed by atoms with E-state index in [0.29, 0.717) is 6.54 Å². The van der Waals surface area contributed by atoms with E-state index in [4.69, 9.17) is 0 Å². The Bertz CT molecular complexity index is 961. The molecule has 0 saturated carbocycles. The number of fused-ring (bicyclic) bond motifs is 1. The summed E-state index contributed by atoms with van der Waals surface area (Å²) in [6.07, 6.45) is 1.79. The minimum Gasteiger partial charge on any atom is -0.364 e. The lowest BCUT2D eigenvalue weighted by molar-refractivity contribution is 1.01. The monoisotopic (exact) mass is 315 g/mol. The first kappa shape index (κ1) is 14.4. The zero-order valence-corrected chi connectivity index (χ0v) is 13.3. The van der Waals surface area contributed by atoms with Crippen molar-refractivity contribution in [2.24, 2.45) is 0 Å². The third-order valence-corrected chi connectivity index (χ3v) is 3.85. The summed E-state index contributed by atoms with van der Waals surface area (Å²) in [7, 11) is 0. The number of hydrogen-bond donors (Lipinski definition) is 1. The standard InChI is InChI=1S/C19H17N5/c1-14-22-18(20-12-15-8-4-2-5-9-15)17-19(23-14)24(13-21-17)16-10-6-3-7-11-16/h2-11,13H,12H2,1H3,(H,20,22,23). The lowest BCUT2D eigenvalue weighted by Gasteiger charge is -2.08. The molecule has 0 radical (unpaired) electrons. The molecule has 0 aliphatic carbocycles. The largest absolute Gasteiger partial charge is 0.364 e. The van der Waals surface area contributed by atoms with Gasteiger partial charge in [0.05, 0.1) is 0 Å². The SMILES string of the molecule is Cc1nc(NCc2ccccc2)c2ncn(-c3ccccc3)c2n1. The van der Waals surface area contributed by atoms with Gasteiger partial charge in [-0.15, -0.1) is 0 Å². The van der Waals surface area contributed by atoms with Gasteiger partial charge in [0.25, 0.3) is 0 Å². The third kappa shape index (κ3) is 2.72. The molecule has 0 spiro atoms. The van der Waals surface area contributed by atoms with Gasteiger partial charge in [-0.1, -0.05) is 48.5 Å². The molecule has 0 amide bonds. The Hall–Kier alpha value is -3.21. The van der Waals surface area contributed by atoms with E-state index in [-0.39, 0.29) is 0 Å². The van der Waals surface area contributed by atoms with E-state index in [2.05, 4.69) is 32.4 Å². The highest BCUT2D eigenvalue weighted by Gasteiger charge is 2.12. The molecule has 0 aliphatic heterocycles. The van der Waals surface area contributed by atoms with Crippen LogP contribution in [0, 0.1) is 6.92 Å². The Morgan fingerprint density at radius 2 is 1.62 bits per heavy atom. The first-order valence-corrected chi connectivity index (χ1v) is 7.86. The quantitative estimate of drug-likeness (QED) is 0.623. The molecule has 5 heteroatoms. The molecule has 5 nitrogen and oxygen atoms in total. The van der Waals surface area contributed by atoms with E-state index in [1.54, 1.807) is 6.33 Å². The van der Waals surface area contributed by atoms with Gasteiger partial charge in [-0.25, -0.2) is 15.0 Å². The summed E-state index contributed by atoms with van der Waals surface area (Å²) in [5.74, 6) is 1.48. The molecule has 24 heavy (non-hydrogen) atoms. The van der Waals surface area contributed by atoms with Crippen LogP contribution in [0.1, 0.15) is 11.4 Å². The maximum Gasteiger partial charge on any atom is 0.170 e. The highest BCUT2D eigenvalue weighted by atomic mass is 15.2. The van der Waals surface area contributed by atoms with Crippen LogP contribution in [0.4, 0.5) is 5.82 Å². The molecular weight excluding hydrogens is 298 g/mol. The molecule has 118 valence electrons. The molecular formula is C19H17N5. The van der Waals surface area contributed by atoms with Crippen LogP contribution in [0.15, 0.2) is 67.0 Å². The Morgan fingerprint density at radius 1 is 0.917 bits per heavy atom. The number of nitrogens with zero attached hydrogens (tertiary/aromatic N) is 4. The molecule has 2 heterocycles. The van der Waals surface area contributed by atoms with Crippen LogP contribution in [0.2, 0.25) is 0 Å². The Kier molecular flexibility index (Phi) is 3.67. The predicted molar refractivity (Wildman–Crippen MR) is 95.2 cm³/mol. The minimum atomic E-state index is 0.699. The fourth-order valence-electron chi connectivity index (χ4n) is 2.69. The van der Waals surface area contributed by atoms with E-state index < -0.39 is 0 Å². The Labute approximate surface area is 140 Å². The molecule has 1 N–H and O–H groups in total. The summed E-state index contributed by atoms with van der Waals surface area (Å²) in [5, 5.41) is 3.38. The Balaban J connectivity index is 1.73. The maximum absolute atomic E-state index is 4.58. The zero-order valence-electron chi connectivity index (χ0n) is 13.3. The van der Waals surface area contributed by atoms with Gasteiger partial charge in [-0.05, 0) is 24.6 Å². The summed E-state index contributed by atoms with van der Waals surface area (Å²) in [5.41, 5.74) is 3.82. The van der Waals surface area contributed by atoms with Crippen molar-refractivity contribution in [3.8, 4) is 5.69 Å². The number of rotatable bonds is 4. The molecule has 4 rings (SSSR count). The van der Waals surface area contributed by atoms with E-state index in [0.717, 1.165) is 28.5 Å². The average Bonchev–Trinajstić information content (AvgIpc) is 3.05. The van der Waals surface area contributed by atoms with E-state index in [1.165, 1.54) is 5.56 Å². The fraction of sp³-hybridized carbons (Fsp3) is 0.105. The van der Waals surface area contributed by atoms with Gasteiger partial charge in [-0.3, -0.25) is 4.57 Å². The second-order valence-electron chi connectivity index (χ2n) is 5.58. The van der Waals surface area contributed by atoms with Gasteiger partial charge in [-0.2, -0.15) is 0 Å². The van der Waals surface area contributed by atoms with Crippen molar-refractivity contribution in [2.75, 3.05) is 5.32 Å². The number of aryl methyl sites for hydroxylation is 1. The van der Waals surface area contributed by atoms with Crippen molar-refractivity contribution in [1.82, 2.24) is 19.5 Å². The van der Waals surface area contributed by atoms with Gasteiger partial charge in [0, 0.05) is 12.2 Å². The van der Waals surface area contributed by atoms with Crippen LogP contribution in [-0.2, 0) is 6.54 Å². The third-order valence-electron chi connectivity index (χ3n) is 3.85. The van der Waals surface area contributed by atoms with Crippen LogP contribution in [-0.4, -0.2) is 19.5 Å². The lowest BCUT2D eigenvalue weighted by atomic mass is 10.2. The van der Waals surface area contributed by atoms with Crippen molar-refractivity contribution in [2.45, 2.75) is 13.5 Å². The maximum atomic E-state index is 4.58. The zero-order chi connectivity index (χ0) is 16.4. The van der Waals surface area contributed by atoms with Crippen molar-refractivity contribution < 1.29 is 0 Å². The van der Waals surface area contributed by atoms with E-state index in [9.17, 15) is 0 Å². The highest BCUT2D eigenvalue weighted by Crippen LogP contribution is 2.22. The number of imidazole rings is 1. The summed E-state index contributed by atoms with van der Waals surface area (Å²) < 4.78 is 1.98. The van der Waals surface area contributed by atoms with Crippen LogP contribution in [0.25, 0.3) is 16.9 Å². The number of para-hydroxylation sites is 1. The summed E-state index contributed by atoms with van der Waals surface area (Å²) in [4.78, 5) is 13.6. The number of aromatic nitrogens is 4. The molecule has 0 saturated heterocycles. The number of benzene rings is 2. The highest BCUT2D eigenvalue weighted by molar-refractivity contribution is 5.84. The molecule has 0 aliphatic rings. The van der Waals surface area contributed by atoms with Gasteiger partial charge in [0.2, 0.25) is 0 Å². The molecule has 2 aromatic carbocycles. The van der Waals surface area contributed by atoms with Crippen molar-refractivity contribution in [3.63, 3.8) is 0 Å². The van der Waals surface area contributed by atoms with Crippen LogP contribution in [0.5, 0.6) is 0 Å². The minimum absolute atomic E-state index is 0.699. The predicted octanol–water partition coefficient (Wildman–Crippen LogP) is 3.74. The first-order chi connectivity index (χ1) is 11.8. The van der Waals surface area contributed by atoms with Gasteiger partial charge in [0.1, 0.15) is 12.2 Å². The van der Waals surface area contributed by atoms with Gasteiger partial charge in [0.15, 0.2) is 17.0 Å². The van der Waals surface area contributed by atoms with Crippen LogP contribution >= 0.6 is 0 Å². The Morgan fingerprint density at radius 3 is 2.38 bits per heavy atom. The van der Waals surface area contributed by atoms with Crippen molar-refractivity contribution in [1.29, 1.82) is 0 Å². The first-order valence-electron chi connectivity index (χ1n) is 7.86. The van der Waals surface area contributed by atoms with Crippen LogP contribution < -0.4 is 5.32 Å². The molecule has 4 aromatic rings. The second kappa shape index (κ2) is 6.12. The average molecular weight is 315 g/mol. The van der Waals surface area contributed by atoms with Gasteiger partial charge < -0.3 is 5.32 Å². The van der Waals surface area contributed by atoms with E-state index >= 15 is 0 Å².